The lowest BCUT2D eigenvalue weighted by Crippen LogP contribution is -2.40. The Morgan fingerprint density at radius 3 is 2.41 bits per heavy atom. The minimum Gasteiger partial charge on any atom is -0.383 e. The summed E-state index contributed by atoms with van der Waals surface area (Å²) in [6.07, 6.45) is 2.43. The number of aryl methyl sites for hydroxylation is 2. The zero-order chi connectivity index (χ0) is 16.3. The molecule has 2 heterocycles. The van der Waals surface area contributed by atoms with Gasteiger partial charge in [-0.2, -0.15) is 5.10 Å². The first-order valence-corrected chi connectivity index (χ1v) is 8.15. The summed E-state index contributed by atoms with van der Waals surface area (Å²) in [6, 6.07) is 0. The molecule has 0 fully saturated rings. The van der Waals surface area contributed by atoms with Gasteiger partial charge >= 0.3 is 5.69 Å². The molecule has 2 rings (SSSR count). The Morgan fingerprint density at radius 2 is 1.82 bits per heavy atom. The highest BCUT2D eigenvalue weighted by atomic mass is 35.5. The summed E-state index contributed by atoms with van der Waals surface area (Å²) in [5, 5.41) is 4.63. The van der Waals surface area contributed by atoms with Gasteiger partial charge in [-0.25, -0.2) is 9.48 Å². The maximum absolute atomic E-state index is 12.6. The number of alkyl halides is 1. The van der Waals surface area contributed by atoms with E-state index in [0.29, 0.717) is 36.5 Å². The average molecular weight is 328 g/mol. The fraction of sp³-hybridized carbons (Fsp3) is 0.643. The van der Waals surface area contributed by atoms with Crippen LogP contribution in [0.25, 0.3) is 11.0 Å². The second kappa shape index (κ2) is 7.00. The van der Waals surface area contributed by atoms with Gasteiger partial charge in [0.25, 0.3) is 5.56 Å². The standard InChI is InChI=1S/C14H22ClN5O2/c1-3-5-8-19-13(21)10-11(16)20(9-6-15)17-12(10)18(7-4-2)14(19)22/h3-9,16H2,1-2H3. The van der Waals surface area contributed by atoms with Crippen LogP contribution in [0.4, 0.5) is 5.82 Å². The van der Waals surface area contributed by atoms with Crippen LogP contribution in [-0.2, 0) is 19.6 Å². The van der Waals surface area contributed by atoms with E-state index in [4.69, 9.17) is 17.3 Å². The third-order valence-electron chi connectivity index (χ3n) is 3.63. The zero-order valence-electron chi connectivity index (χ0n) is 13.0. The Balaban J connectivity index is 2.79. The predicted octanol–water partition coefficient (Wildman–Crippen LogP) is 1.39. The van der Waals surface area contributed by atoms with Crippen molar-refractivity contribution in [3.63, 3.8) is 0 Å². The van der Waals surface area contributed by atoms with Crippen molar-refractivity contribution >= 4 is 28.5 Å². The topological polar surface area (TPSA) is 87.8 Å². The summed E-state index contributed by atoms with van der Waals surface area (Å²) < 4.78 is 4.30. The number of unbranched alkanes of at least 4 members (excludes halogenated alkanes) is 1. The molecule has 2 aromatic rings. The second-order valence-electron chi connectivity index (χ2n) is 5.24. The molecule has 0 aliphatic rings. The fourth-order valence-corrected chi connectivity index (χ4v) is 2.66. The van der Waals surface area contributed by atoms with Crippen molar-refractivity contribution in [2.45, 2.75) is 52.7 Å². The van der Waals surface area contributed by atoms with Crippen LogP contribution in [0.1, 0.15) is 33.1 Å². The van der Waals surface area contributed by atoms with Crippen molar-refractivity contribution in [2.75, 3.05) is 11.6 Å². The normalized spacial score (nSPS) is 11.4. The molecule has 0 radical (unpaired) electrons. The SMILES string of the molecule is CCCCn1c(=O)c2c(N)n(CCCl)nc2n(CCC)c1=O. The molecule has 22 heavy (non-hydrogen) atoms. The van der Waals surface area contributed by atoms with E-state index >= 15 is 0 Å². The lowest BCUT2D eigenvalue weighted by molar-refractivity contribution is 0.538. The summed E-state index contributed by atoms with van der Waals surface area (Å²) in [6.45, 7) is 5.28. The van der Waals surface area contributed by atoms with Crippen LogP contribution in [-0.4, -0.2) is 24.8 Å². The van der Waals surface area contributed by atoms with Crippen molar-refractivity contribution in [2.24, 2.45) is 0 Å². The molecule has 8 heteroatoms. The van der Waals surface area contributed by atoms with Gasteiger partial charge in [-0.15, -0.1) is 11.6 Å². The largest absolute Gasteiger partial charge is 0.383 e. The third kappa shape index (κ3) is 2.77. The van der Waals surface area contributed by atoms with E-state index in [-0.39, 0.29) is 17.1 Å². The number of nitrogens with zero attached hydrogens (tertiary/aromatic N) is 4. The van der Waals surface area contributed by atoms with Gasteiger partial charge in [-0.1, -0.05) is 20.3 Å². The quantitative estimate of drug-likeness (QED) is 0.778. The molecule has 2 N–H and O–H groups in total. The highest BCUT2D eigenvalue weighted by Gasteiger charge is 2.19. The van der Waals surface area contributed by atoms with Gasteiger partial charge < -0.3 is 5.73 Å². The van der Waals surface area contributed by atoms with Crippen LogP contribution in [0.2, 0.25) is 0 Å². The van der Waals surface area contributed by atoms with Gasteiger partial charge in [0.15, 0.2) is 5.65 Å². The fourth-order valence-electron chi connectivity index (χ4n) is 2.50. The monoisotopic (exact) mass is 327 g/mol. The molecule has 0 amide bonds. The van der Waals surface area contributed by atoms with E-state index < -0.39 is 0 Å². The summed E-state index contributed by atoms with van der Waals surface area (Å²) in [7, 11) is 0. The number of hydrogen-bond donors (Lipinski definition) is 1. The molecule has 0 aliphatic heterocycles. The number of hydrogen-bond acceptors (Lipinski definition) is 4. The van der Waals surface area contributed by atoms with Crippen molar-refractivity contribution in [3.8, 4) is 0 Å². The summed E-state index contributed by atoms with van der Waals surface area (Å²) in [4.78, 5) is 25.2. The second-order valence-corrected chi connectivity index (χ2v) is 5.62. The van der Waals surface area contributed by atoms with Gasteiger partial charge in [-0.05, 0) is 12.8 Å². The molecular weight excluding hydrogens is 306 g/mol. The van der Waals surface area contributed by atoms with Crippen LogP contribution in [0.15, 0.2) is 9.59 Å². The summed E-state index contributed by atoms with van der Waals surface area (Å²) >= 11 is 5.74. The molecule has 0 aliphatic carbocycles. The van der Waals surface area contributed by atoms with Gasteiger partial charge in [-0.3, -0.25) is 13.9 Å². The molecular formula is C14H22ClN5O2. The first kappa shape index (κ1) is 16.6. The molecule has 7 nitrogen and oxygen atoms in total. The van der Waals surface area contributed by atoms with Crippen molar-refractivity contribution in [1.82, 2.24) is 18.9 Å². The molecule has 0 spiro atoms. The highest BCUT2D eigenvalue weighted by Crippen LogP contribution is 2.16. The van der Waals surface area contributed by atoms with E-state index in [1.165, 1.54) is 13.8 Å². The van der Waals surface area contributed by atoms with Gasteiger partial charge in [0, 0.05) is 19.0 Å². The Bertz CT molecular complexity index is 774. The van der Waals surface area contributed by atoms with E-state index in [9.17, 15) is 9.59 Å². The predicted molar refractivity (Wildman–Crippen MR) is 88.6 cm³/mol. The first-order valence-electron chi connectivity index (χ1n) is 7.62. The molecule has 0 atom stereocenters. The van der Waals surface area contributed by atoms with E-state index in [0.717, 1.165) is 19.3 Å². The summed E-state index contributed by atoms with van der Waals surface area (Å²) in [5.41, 5.74) is 5.73. The number of halogens is 1. The minimum atomic E-state index is -0.362. The van der Waals surface area contributed by atoms with Crippen molar-refractivity contribution < 1.29 is 0 Å². The van der Waals surface area contributed by atoms with E-state index in [1.807, 2.05) is 13.8 Å². The number of nitrogens with two attached hydrogens (primary N) is 1. The van der Waals surface area contributed by atoms with Gasteiger partial charge in [0.1, 0.15) is 11.2 Å². The number of rotatable bonds is 7. The Labute approximate surface area is 133 Å². The van der Waals surface area contributed by atoms with Crippen LogP contribution < -0.4 is 17.0 Å². The molecule has 0 unspecified atom stereocenters. The molecule has 122 valence electrons. The van der Waals surface area contributed by atoms with Crippen molar-refractivity contribution in [3.05, 3.63) is 20.8 Å². The Morgan fingerprint density at radius 1 is 1.09 bits per heavy atom. The number of aromatic nitrogens is 4. The Hall–Kier alpha value is -1.76. The smallest absolute Gasteiger partial charge is 0.332 e. The first-order chi connectivity index (χ1) is 10.6. The average Bonchev–Trinajstić information content (AvgIpc) is 2.81. The van der Waals surface area contributed by atoms with E-state index in [2.05, 4.69) is 5.10 Å². The maximum Gasteiger partial charge on any atom is 0.332 e. The van der Waals surface area contributed by atoms with Crippen LogP contribution in [0, 0.1) is 0 Å². The van der Waals surface area contributed by atoms with Crippen LogP contribution >= 0.6 is 11.6 Å². The zero-order valence-corrected chi connectivity index (χ0v) is 13.8. The van der Waals surface area contributed by atoms with Crippen LogP contribution in [0.5, 0.6) is 0 Å². The molecule has 0 saturated carbocycles. The lowest BCUT2D eigenvalue weighted by Gasteiger charge is -2.10. The van der Waals surface area contributed by atoms with Crippen LogP contribution in [0.3, 0.4) is 0 Å². The minimum absolute atomic E-state index is 0.274. The molecule has 0 bridgehead atoms. The van der Waals surface area contributed by atoms with E-state index in [1.54, 1.807) is 0 Å². The third-order valence-corrected chi connectivity index (χ3v) is 3.80. The highest BCUT2D eigenvalue weighted by molar-refractivity contribution is 6.17. The van der Waals surface area contributed by atoms with Gasteiger partial charge in [0.2, 0.25) is 0 Å². The lowest BCUT2D eigenvalue weighted by atomic mass is 10.3. The molecule has 0 saturated heterocycles. The summed E-state index contributed by atoms with van der Waals surface area (Å²) in [5.74, 6) is 0.607. The van der Waals surface area contributed by atoms with Gasteiger partial charge in [0.05, 0.1) is 6.54 Å². The van der Waals surface area contributed by atoms with Crippen molar-refractivity contribution in [1.29, 1.82) is 0 Å². The maximum atomic E-state index is 12.6. The number of nitrogen functional groups attached to an aromatic ring is 1. The molecule has 2 aromatic heterocycles. The molecule has 0 aromatic carbocycles. The number of fused-ring (bicyclic) bond motifs is 1. The number of anilines is 1. The Kier molecular flexibility index (Phi) is 5.28.